The van der Waals surface area contributed by atoms with Crippen LogP contribution >= 0.6 is 11.3 Å². The van der Waals surface area contributed by atoms with Crippen molar-refractivity contribution in [3.63, 3.8) is 0 Å². The number of benzene rings is 1. The Morgan fingerprint density at radius 3 is 2.26 bits per heavy atom. The Morgan fingerprint density at radius 1 is 1.11 bits per heavy atom. The first-order valence-corrected chi connectivity index (χ1v) is 10.1. The summed E-state index contributed by atoms with van der Waals surface area (Å²) in [4.78, 5) is 30.8. The van der Waals surface area contributed by atoms with Crippen LogP contribution in [0.1, 0.15) is 36.6 Å². The number of carbonyl (C=O) groups excluding carboxylic acids is 2. The van der Waals surface area contributed by atoms with Gasteiger partial charge in [-0.15, -0.1) is 11.3 Å². The molecule has 0 unspecified atom stereocenters. The molecule has 2 aromatic rings. The number of piperidine rings is 1. The van der Waals surface area contributed by atoms with Crippen molar-refractivity contribution in [3.8, 4) is 0 Å². The maximum absolute atomic E-state index is 12.7. The van der Waals surface area contributed by atoms with Gasteiger partial charge in [-0.25, -0.2) is 4.98 Å². The summed E-state index contributed by atoms with van der Waals surface area (Å²) in [5.74, 6) is -0.0193. The fourth-order valence-electron chi connectivity index (χ4n) is 3.47. The molecule has 0 bridgehead atoms. The van der Waals surface area contributed by atoms with Crippen LogP contribution in [0.25, 0.3) is 0 Å². The molecule has 6 nitrogen and oxygen atoms in total. The molecule has 0 radical (unpaired) electrons. The van der Waals surface area contributed by atoms with E-state index in [9.17, 15) is 9.59 Å². The van der Waals surface area contributed by atoms with Gasteiger partial charge in [-0.1, -0.05) is 0 Å². The highest BCUT2D eigenvalue weighted by atomic mass is 32.1. The Balaban J connectivity index is 1.60. The first-order chi connectivity index (χ1) is 12.8. The highest BCUT2D eigenvalue weighted by Crippen LogP contribution is 2.28. The lowest BCUT2D eigenvalue weighted by molar-refractivity contribution is -0.120. The number of aromatic nitrogens is 1. The molecule has 27 heavy (non-hydrogen) atoms. The molecule has 2 heterocycles. The molecule has 1 aromatic heterocycles. The van der Waals surface area contributed by atoms with E-state index in [-0.39, 0.29) is 17.7 Å². The fourth-order valence-corrected chi connectivity index (χ4v) is 4.33. The molecule has 7 heteroatoms. The number of carbonyl (C=O) groups is 2. The van der Waals surface area contributed by atoms with Gasteiger partial charge in [0.1, 0.15) is 0 Å². The summed E-state index contributed by atoms with van der Waals surface area (Å²) in [5.41, 5.74) is 4.52. The number of anilines is 3. The molecule has 1 aliphatic heterocycles. The molecule has 0 atom stereocenters. The fraction of sp³-hybridized carbons (Fsp3) is 0.450. The number of hydrogen-bond donors (Lipinski definition) is 2. The summed E-state index contributed by atoms with van der Waals surface area (Å²) in [6.07, 6.45) is 1.65. The monoisotopic (exact) mass is 386 g/mol. The van der Waals surface area contributed by atoms with Gasteiger partial charge in [-0.05, 0) is 56.9 Å². The van der Waals surface area contributed by atoms with Crippen LogP contribution < -0.4 is 15.5 Å². The van der Waals surface area contributed by atoms with Crippen LogP contribution in [0.3, 0.4) is 0 Å². The van der Waals surface area contributed by atoms with Crippen molar-refractivity contribution in [1.29, 1.82) is 0 Å². The zero-order chi connectivity index (χ0) is 19.6. The van der Waals surface area contributed by atoms with Crippen molar-refractivity contribution in [1.82, 2.24) is 4.98 Å². The van der Waals surface area contributed by atoms with E-state index in [1.165, 1.54) is 6.92 Å². The first kappa shape index (κ1) is 19.4. The average molecular weight is 387 g/mol. The molecule has 1 saturated heterocycles. The summed E-state index contributed by atoms with van der Waals surface area (Å²) in [6.45, 7) is 9.06. The van der Waals surface area contributed by atoms with Crippen LogP contribution in [-0.2, 0) is 9.59 Å². The number of amides is 2. The van der Waals surface area contributed by atoms with Gasteiger partial charge in [-0.2, -0.15) is 0 Å². The molecule has 1 aromatic carbocycles. The maximum Gasteiger partial charge on any atom is 0.227 e. The maximum atomic E-state index is 12.7. The predicted molar refractivity (Wildman–Crippen MR) is 111 cm³/mol. The smallest absolute Gasteiger partial charge is 0.227 e. The van der Waals surface area contributed by atoms with Gasteiger partial charge < -0.3 is 15.5 Å². The van der Waals surface area contributed by atoms with Crippen molar-refractivity contribution in [2.24, 2.45) is 5.92 Å². The second-order valence-corrected chi connectivity index (χ2v) is 8.02. The lowest BCUT2D eigenvalue weighted by Crippen LogP contribution is -2.38. The van der Waals surface area contributed by atoms with E-state index in [2.05, 4.69) is 25.9 Å². The molecule has 2 N–H and O–H groups in total. The number of nitrogens with one attached hydrogen (secondary N) is 2. The number of rotatable bonds is 4. The van der Waals surface area contributed by atoms with Crippen molar-refractivity contribution in [2.75, 3.05) is 28.6 Å². The topological polar surface area (TPSA) is 74.3 Å². The molecule has 144 valence electrons. The second kappa shape index (κ2) is 8.08. The Labute approximate surface area is 164 Å². The Hall–Kier alpha value is -2.41. The lowest BCUT2D eigenvalue weighted by atomic mass is 9.96. The average Bonchev–Trinajstić information content (AvgIpc) is 3.04. The molecule has 1 aliphatic rings. The largest absolute Gasteiger partial charge is 0.348 e. The molecular weight excluding hydrogens is 360 g/mol. The second-order valence-electron chi connectivity index (χ2n) is 7.19. The van der Waals surface area contributed by atoms with Crippen molar-refractivity contribution in [3.05, 3.63) is 34.3 Å². The van der Waals surface area contributed by atoms with E-state index in [4.69, 9.17) is 0 Å². The summed E-state index contributed by atoms with van der Waals surface area (Å²) in [5, 5.41) is 9.00. The SMILES string of the molecule is CC(=O)Nc1c(C)cc(NC(=O)C2CCN(c3nc(C)cs3)CC2)cc1C. The summed E-state index contributed by atoms with van der Waals surface area (Å²) in [6, 6.07) is 3.81. The summed E-state index contributed by atoms with van der Waals surface area (Å²) >= 11 is 1.66. The zero-order valence-electron chi connectivity index (χ0n) is 16.3. The van der Waals surface area contributed by atoms with Crippen LogP contribution in [0.2, 0.25) is 0 Å². The summed E-state index contributed by atoms with van der Waals surface area (Å²) < 4.78 is 0. The van der Waals surface area contributed by atoms with Crippen molar-refractivity contribution >= 4 is 39.7 Å². The molecule has 0 saturated carbocycles. The predicted octanol–water partition coefficient (Wildman–Crippen LogP) is 3.88. The van der Waals surface area contributed by atoms with E-state index in [0.717, 1.165) is 59.3 Å². The van der Waals surface area contributed by atoms with Crippen molar-refractivity contribution in [2.45, 2.75) is 40.5 Å². The number of nitrogens with zero attached hydrogens (tertiary/aromatic N) is 2. The number of thiazole rings is 1. The van der Waals surface area contributed by atoms with Crippen LogP contribution in [0.15, 0.2) is 17.5 Å². The van der Waals surface area contributed by atoms with Gasteiger partial charge in [0.05, 0.1) is 5.69 Å². The van der Waals surface area contributed by atoms with Gasteiger partial charge in [-0.3, -0.25) is 9.59 Å². The molecule has 0 aliphatic carbocycles. The van der Waals surface area contributed by atoms with Gasteiger partial charge in [0.25, 0.3) is 0 Å². The normalized spacial score (nSPS) is 14.9. The zero-order valence-corrected chi connectivity index (χ0v) is 17.1. The van der Waals surface area contributed by atoms with Crippen LogP contribution in [0.5, 0.6) is 0 Å². The number of hydrogen-bond acceptors (Lipinski definition) is 5. The molecule has 0 spiro atoms. The molecular formula is C20H26N4O2S. The Bertz CT molecular complexity index is 830. The quantitative estimate of drug-likeness (QED) is 0.836. The van der Waals surface area contributed by atoms with Crippen LogP contribution in [0.4, 0.5) is 16.5 Å². The minimum absolute atomic E-state index is 0.0120. The molecule has 1 fully saturated rings. The van der Waals surface area contributed by atoms with Crippen molar-refractivity contribution < 1.29 is 9.59 Å². The third kappa shape index (κ3) is 4.66. The Kier molecular flexibility index (Phi) is 5.79. The van der Waals surface area contributed by atoms with Gasteiger partial charge in [0.15, 0.2) is 5.13 Å². The lowest BCUT2D eigenvalue weighted by Gasteiger charge is -2.31. The van der Waals surface area contributed by atoms with Gasteiger partial charge in [0.2, 0.25) is 11.8 Å². The Morgan fingerprint density at radius 2 is 1.74 bits per heavy atom. The van der Waals surface area contributed by atoms with Gasteiger partial charge in [0, 0.05) is 42.7 Å². The standard InChI is InChI=1S/C20H26N4O2S/c1-12-9-17(10-13(2)18(12)22-15(4)25)23-19(26)16-5-7-24(8-6-16)20-21-14(3)11-27-20/h9-11,16H,5-8H2,1-4H3,(H,22,25)(H,23,26). The molecule has 2 amide bonds. The van der Waals surface area contributed by atoms with E-state index in [0.29, 0.717) is 0 Å². The van der Waals surface area contributed by atoms with Crippen LogP contribution in [-0.4, -0.2) is 29.9 Å². The van der Waals surface area contributed by atoms with E-state index in [1.807, 2.05) is 32.9 Å². The van der Waals surface area contributed by atoms with Gasteiger partial charge >= 0.3 is 0 Å². The molecule has 3 rings (SSSR count). The number of aryl methyl sites for hydroxylation is 3. The third-order valence-corrected chi connectivity index (χ3v) is 5.86. The minimum Gasteiger partial charge on any atom is -0.348 e. The van der Waals surface area contributed by atoms with E-state index < -0.39 is 0 Å². The highest BCUT2D eigenvalue weighted by Gasteiger charge is 2.26. The minimum atomic E-state index is -0.0971. The summed E-state index contributed by atoms with van der Waals surface area (Å²) in [7, 11) is 0. The van der Waals surface area contributed by atoms with E-state index >= 15 is 0 Å². The highest BCUT2D eigenvalue weighted by molar-refractivity contribution is 7.13. The first-order valence-electron chi connectivity index (χ1n) is 9.20. The third-order valence-electron chi connectivity index (χ3n) is 4.84. The van der Waals surface area contributed by atoms with E-state index in [1.54, 1.807) is 11.3 Å². The van der Waals surface area contributed by atoms with Crippen LogP contribution in [0, 0.1) is 26.7 Å².